The van der Waals surface area contributed by atoms with E-state index in [0.717, 1.165) is 89.9 Å². The molecule has 0 radical (unpaired) electrons. The molecule has 0 aromatic heterocycles. The van der Waals surface area contributed by atoms with Gasteiger partial charge >= 0.3 is 25.7 Å². The Balaban J connectivity index is 1.73. The zero-order valence-corrected chi connectivity index (χ0v) is 62.6. The molecule has 1 aliphatic carbocycles. The van der Waals surface area contributed by atoms with E-state index in [-0.39, 0.29) is 19.3 Å². The minimum absolute atomic E-state index is 0.00925. The van der Waals surface area contributed by atoms with Crippen molar-refractivity contribution in [2.24, 2.45) is 5.92 Å². The number of unbranched alkanes of at least 4 members (excludes halogenated alkanes) is 34. The van der Waals surface area contributed by atoms with Crippen molar-refractivity contribution in [2.75, 3.05) is 26.4 Å². The Morgan fingerprint density at radius 2 is 0.760 bits per heavy atom. The average Bonchev–Trinajstić information content (AvgIpc) is 0.761. The molecule has 3 rings (SSSR count). The zero-order chi connectivity index (χ0) is 73.3. The van der Waals surface area contributed by atoms with Crippen LogP contribution in [0.25, 0.3) is 0 Å². The number of aliphatic hydroxyl groups is 10. The van der Waals surface area contributed by atoms with Gasteiger partial charge in [0.05, 0.1) is 13.2 Å². The monoisotopic (exact) mass is 1450 g/mol. The summed E-state index contributed by atoms with van der Waals surface area (Å²) in [4.78, 5) is 51.1. The van der Waals surface area contributed by atoms with Crippen LogP contribution in [0.1, 0.15) is 310 Å². The third-order valence-corrected chi connectivity index (χ3v) is 20.7. The lowest BCUT2D eigenvalue weighted by molar-refractivity contribution is -0.360. The Morgan fingerprint density at radius 3 is 1.19 bits per heavy atom. The molecule has 0 amide bonds. The summed E-state index contributed by atoms with van der Waals surface area (Å²) in [5.41, 5.74) is 0. The number of carbonyl (C=O) groups excluding carboxylic acids is 3. The summed E-state index contributed by atoms with van der Waals surface area (Å²) >= 11 is 0. The summed E-state index contributed by atoms with van der Waals surface area (Å²) in [6.07, 6.45) is 14.1. The quantitative estimate of drug-likeness (QED) is 0.00886. The lowest BCUT2D eigenvalue weighted by atomic mass is 9.84. The Kier molecular flexibility index (Phi) is 51.5. The predicted octanol–water partition coefficient (Wildman–Crippen LogP) is 11.4. The molecule has 19 atom stereocenters. The molecule has 100 heavy (non-hydrogen) atoms. The topological polar surface area (TPSA) is 374 Å². The molecule has 0 aromatic carbocycles. The van der Waals surface area contributed by atoms with E-state index >= 15 is 0 Å². The van der Waals surface area contributed by atoms with Crippen molar-refractivity contribution in [2.45, 2.75) is 414 Å². The van der Waals surface area contributed by atoms with Gasteiger partial charge in [-0.15, -0.1) is 0 Å². The SMILES string of the molecule is CCCCCCCCC/C=C\CCCCCC(=O)OCC1OC(OC2C(O)C(O)C(O)C(OC3OC(CO)C(O)C(O)C3O)C2OP(=O)(O)OCC(COC(=O)CCCCCCCCCCCCCCCCC)OC(=O)CCCCCCCCC(C)CCCCCCCC)C(O)C(O)C1O. The van der Waals surface area contributed by atoms with E-state index in [1.807, 2.05) is 0 Å². The molecule has 0 spiro atoms. The number of phosphoric acid groups is 1. The summed E-state index contributed by atoms with van der Waals surface area (Å²) < 4.78 is 65.2. The van der Waals surface area contributed by atoms with Crippen LogP contribution in [0.3, 0.4) is 0 Å². The standard InChI is InChI=1S/C75H139O24P/c1-5-8-11-14-17-19-21-23-25-27-29-30-32-38-43-48-59(77)91-52-56(94-61(79)50-45-40-35-34-37-42-47-55(4)46-41-36-16-13-10-7-3)53-93-100(89,90)99-73-71(97-74-69(87)64(82)62(80)57(51-76)95-74)67(85)66(84)68(86)72(73)98-75-70(88)65(83)63(81)58(96-75)54-92-60(78)49-44-39-33-31-28-26-24-22-20-18-15-12-9-6-2/h26,28,55-58,62-76,80-88H,5-25,27,29-54H2,1-4H3,(H,89,90)/b28-26-. The molecule has 3 aliphatic rings. The van der Waals surface area contributed by atoms with Gasteiger partial charge in [-0.1, -0.05) is 258 Å². The van der Waals surface area contributed by atoms with Crippen LogP contribution in [0, 0.1) is 5.92 Å². The lowest BCUT2D eigenvalue weighted by Gasteiger charge is -2.49. The fraction of sp³-hybridized carbons (Fsp3) is 0.933. The van der Waals surface area contributed by atoms with Crippen LogP contribution in [0.15, 0.2) is 12.2 Å². The number of aliphatic hydroxyl groups excluding tert-OH is 10. The maximum Gasteiger partial charge on any atom is 0.472 e. The molecular formula is C75H139O24P. The van der Waals surface area contributed by atoms with Gasteiger partial charge in [-0.05, 0) is 50.9 Å². The van der Waals surface area contributed by atoms with Crippen molar-refractivity contribution in [3.8, 4) is 0 Å². The van der Waals surface area contributed by atoms with Crippen molar-refractivity contribution >= 4 is 25.7 Å². The molecule has 0 bridgehead atoms. The number of carbonyl (C=O) groups is 3. The Bertz CT molecular complexity index is 2130. The summed E-state index contributed by atoms with van der Waals surface area (Å²) in [6, 6.07) is 0. The number of esters is 3. The van der Waals surface area contributed by atoms with Gasteiger partial charge < -0.3 is 89.1 Å². The average molecular weight is 1460 g/mol. The van der Waals surface area contributed by atoms with E-state index in [1.165, 1.54) is 154 Å². The summed E-state index contributed by atoms with van der Waals surface area (Å²) in [6.45, 7) is 5.78. The van der Waals surface area contributed by atoms with E-state index in [9.17, 15) is 74.9 Å². The first-order chi connectivity index (χ1) is 48.2. The highest BCUT2D eigenvalue weighted by Gasteiger charge is 2.58. The smallest absolute Gasteiger partial charge is 0.463 e. The summed E-state index contributed by atoms with van der Waals surface area (Å²) in [7, 11) is -5.70. The number of rotatable bonds is 61. The van der Waals surface area contributed by atoms with Crippen molar-refractivity contribution in [1.29, 1.82) is 0 Å². The van der Waals surface area contributed by atoms with Gasteiger partial charge in [0, 0.05) is 19.3 Å². The molecular weight excluding hydrogens is 1320 g/mol. The van der Waals surface area contributed by atoms with Crippen molar-refractivity contribution in [3.05, 3.63) is 12.2 Å². The first-order valence-electron chi connectivity index (χ1n) is 39.4. The molecule has 25 heteroatoms. The Hall–Kier alpha value is -2.30. The molecule has 19 unspecified atom stereocenters. The van der Waals surface area contributed by atoms with Crippen molar-refractivity contribution < 1.29 is 117 Å². The molecule has 0 aromatic rings. The highest BCUT2D eigenvalue weighted by molar-refractivity contribution is 7.47. The maximum atomic E-state index is 14.4. The van der Waals surface area contributed by atoms with Gasteiger partial charge in [0.15, 0.2) is 18.7 Å². The number of ether oxygens (including phenoxy) is 7. The van der Waals surface area contributed by atoms with Gasteiger partial charge in [0.25, 0.3) is 0 Å². The molecule has 2 saturated heterocycles. The second-order valence-electron chi connectivity index (χ2n) is 28.7. The molecule has 3 fully saturated rings. The first kappa shape index (κ1) is 91.9. The van der Waals surface area contributed by atoms with E-state index in [4.69, 9.17) is 42.2 Å². The van der Waals surface area contributed by atoms with Crippen LogP contribution in [0.5, 0.6) is 0 Å². The van der Waals surface area contributed by atoms with E-state index in [2.05, 4.69) is 39.8 Å². The van der Waals surface area contributed by atoms with Crippen molar-refractivity contribution in [3.63, 3.8) is 0 Å². The minimum atomic E-state index is -5.70. The largest absolute Gasteiger partial charge is 0.472 e. The number of allylic oxidation sites excluding steroid dienone is 2. The zero-order valence-electron chi connectivity index (χ0n) is 61.7. The van der Waals surface area contributed by atoms with Gasteiger partial charge in [0.2, 0.25) is 0 Å². The van der Waals surface area contributed by atoms with Crippen LogP contribution < -0.4 is 0 Å². The maximum absolute atomic E-state index is 14.4. The lowest BCUT2D eigenvalue weighted by Crippen LogP contribution is -2.69. The van der Waals surface area contributed by atoms with Crippen LogP contribution in [-0.2, 0) is 61.2 Å². The summed E-state index contributed by atoms with van der Waals surface area (Å²) in [5.74, 6) is -1.31. The van der Waals surface area contributed by atoms with Crippen LogP contribution in [0.4, 0.5) is 0 Å². The van der Waals surface area contributed by atoms with E-state index in [1.54, 1.807) is 0 Å². The molecule has 11 N–H and O–H groups in total. The third-order valence-electron chi connectivity index (χ3n) is 19.7. The number of hydrogen-bond donors (Lipinski definition) is 11. The highest BCUT2D eigenvalue weighted by atomic mass is 31.2. The molecule has 1 saturated carbocycles. The number of phosphoric ester groups is 1. The normalized spacial score (nSPS) is 27.7. The van der Waals surface area contributed by atoms with E-state index in [0.29, 0.717) is 25.2 Å². The molecule has 588 valence electrons. The van der Waals surface area contributed by atoms with Crippen LogP contribution in [0.2, 0.25) is 0 Å². The van der Waals surface area contributed by atoms with Gasteiger partial charge in [-0.25, -0.2) is 4.57 Å². The van der Waals surface area contributed by atoms with Crippen molar-refractivity contribution in [1.82, 2.24) is 0 Å². The van der Waals surface area contributed by atoms with Gasteiger partial charge in [0.1, 0.15) is 98.7 Å². The first-order valence-corrected chi connectivity index (χ1v) is 40.9. The molecule has 24 nitrogen and oxygen atoms in total. The second-order valence-corrected chi connectivity index (χ2v) is 30.1. The minimum Gasteiger partial charge on any atom is -0.463 e. The second kappa shape index (κ2) is 56.1. The number of hydrogen-bond acceptors (Lipinski definition) is 23. The highest BCUT2D eigenvalue weighted by Crippen LogP contribution is 2.49. The predicted molar refractivity (Wildman–Crippen MR) is 379 cm³/mol. The third kappa shape index (κ3) is 38.8. The Morgan fingerprint density at radius 1 is 0.410 bits per heavy atom. The summed E-state index contributed by atoms with van der Waals surface area (Å²) in [5, 5.41) is 110. The van der Waals surface area contributed by atoms with Crippen LogP contribution >= 0.6 is 7.82 Å². The van der Waals surface area contributed by atoms with Gasteiger partial charge in [-0.3, -0.25) is 23.4 Å². The molecule has 2 aliphatic heterocycles. The fourth-order valence-electron chi connectivity index (χ4n) is 13.2. The van der Waals surface area contributed by atoms with Gasteiger partial charge in [-0.2, -0.15) is 0 Å². The molecule has 2 heterocycles. The Labute approximate surface area is 599 Å². The van der Waals surface area contributed by atoms with Crippen LogP contribution in [-0.4, -0.2) is 204 Å². The fourth-order valence-corrected chi connectivity index (χ4v) is 14.1. The van der Waals surface area contributed by atoms with E-state index < -0.39 is 156 Å².